The average Bonchev–Trinajstić information content (AvgIpc) is 2.62. The number of hydrogen-bond donors (Lipinski definition) is 0. The van der Waals surface area contributed by atoms with E-state index in [9.17, 15) is 0 Å². The number of ether oxygens (including phenoxy) is 1. The highest BCUT2D eigenvalue weighted by atomic mass is 79.9. The zero-order valence-electron chi connectivity index (χ0n) is 5.77. The molecule has 0 aromatic rings. The van der Waals surface area contributed by atoms with Gasteiger partial charge in [0.05, 0.1) is 12.2 Å². The molecule has 0 radical (unpaired) electrons. The Balaban J connectivity index is 1.92. The molecule has 0 saturated carbocycles. The van der Waals surface area contributed by atoms with E-state index in [4.69, 9.17) is 4.74 Å². The Labute approximate surface area is 64.9 Å². The van der Waals surface area contributed by atoms with Gasteiger partial charge in [-0.1, -0.05) is 35.7 Å². The molecule has 0 amide bonds. The topological polar surface area (TPSA) is 12.5 Å². The van der Waals surface area contributed by atoms with Crippen LogP contribution in [0.1, 0.15) is 26.2 Å². The van der Waals surface area contributed by atoms with Gasteiger partial charge in [0.25, 0.3) is 0 Å². The van der Waals surface area contributed by atoms with E-state index in [1.165, 1.54) is 19.3 Å². The third kappa shape index (κ3) is 2.26. The van der Waals surface area contributed by atoms with E-state index < -0.39 is 0 Å². The molecule has 0 unspecified atom stereocenters. The van der Waals surface area contributed by atoms with Gasteiger partial charge in [0.2, 0.25) is 0 Å². The van der Waals surface area contributed by atoms with Crippen LogP contribution in [0.4, 0.5) is 0 Å². The third-order valence-electron chi connectivity index (χ3n) is 1.68. The molecular weight excluding hydrogens is 180 g/mol. The van der Waals surface area contributed by atoms with Crippen molar-refractivity contribution in [2.45, 2.75) is 38.4 Å². The minimum Gasteiger partial charge on any atom is -0.369 e. The first-order valence-electron chi connectivity index (χ1n) is 3.60. The third-order valence-corrected chi connectivity index (χ3v) is 2.32. The Bertz CT molecular complexity index is 85.0. The smallest absolute Gasteiger partial charge is 0.0938 e. The molecule has 1 saturated heterocycles. The van der Waals surface area contributed by atoms with Gasteiger partial charge in [-0.2, -0.15) is 0 Å². The normalized spacial score (nSPS) is 32.7. The van der Waals surface area contributed by atoms with Crippen LogP contribution in [0.25, 0.3) is 0 Å². The first kappa shape index (κ1) is 7.55. The van der Waals surface area contributed by atoms with Gasteiger partial charge in [0.1, 0.15) is 0 Å². The van der Waals surface area contributed by atoms with E-state index in [0.29, 0.717) is 12.2 Å². The molecule has 0 spiro atoms. The molecule has 0 aliphatic carbocycles. The molecule has 1 rings (SSSR count). The van der Waals surface area contributed by atoms with Crippen molar-refractivity contribution < 1.29 is 4.74 Å². The second-order valence-electron chi connectivity index (χ2n) is 2.51. The van der Waals surface area contributed by atoms with Crippen LogP contribution in [0.3, 0.4) is 0 Å². The van der Waals surface area contributed by atoms with E-state index in [1.54, 1.807) is 0 Å². The van der Waals surface area contributed by atoms with Crippen molar-refractivity contribution in [1.29, 1.82) is 0 Å². The Morgan fingerprint density at radius 2 is 2.22 bits per heavy atom. The van der Waals surface area contributed by atoms with Crippen molar-refractivity contribution in [2.24, 2.45) is 0 Å². The lowest BCUT2D eigenvalue weighted by Gasteiger charge is -1.88. The van der Waals surface area contributed by atoms with Crippen LogP contribution in [0, 0.1) is 0 Å². The molecule has 2 heteroatoms. The summed E-state index contributed by atoms with van der Waals surface area (Å²) in [4.78, 5) is 0. The fraction of sp³-hybridized carbons (Fsp3) is 1.00. The first-order valence-corrected chi connectivity index (χ1v) is 4.72. The Morgan fingerprint density at radius 1 is 1.44 bits per heavy atom. The maximum Gasteiger partial charge on any atom is 0.0938 e. The van der Waals surface area contributed by atoms with Crippen LogP contribution in [0.15, 0.2) is 0 Å². The fourth-order valence-corrected chi connectivity index (χ4v) is 1.54. The molecule has 0 bridgehead atoms. The molecule has 0 aromatic carbocycles. The van der Waals surface area contributed by atoms with Gasteiger partial charge in [-0.3, -0.25) is 0 Å². The summed E-state index contributed by atoms with van der Waals surface area (Å²) in [5.74, 6) is 0. The van der Waals surface area contributed by atoms with Gasteiger partial charge in [-0.15, -0.1) is 0 Å². The van der Waals surface area contributed by atoms with E-state index in [0.717, 1.165) is 5.33 Å². The fourth-order valence-electron chi connectivity index (χ4n) is 0.974. The first-order chi connectivity index (χ1) is 4.38. The lowest BCUT2D eigenvalue weighted by molar-refractivity contribution is 0.368. The molecule has 1 fully saturated rings. The number of halogens is 1. The van der Waals surface area contributed by atoms with Crippen LogP contribution < -0.4 is 0 Å². The van der Waals surface area contributed by atoms with Crippen molar-refractivity contribution in [3.8, 4) is 0 Å². The molecule has 0 aromatic heterocycles. The molecule has 9 heavy (non-hydrogen) atoms. The van der Waals surface area contributed by atoms with Crippen LogP contribution >= 0.6 is 15.9 Å². The Hall–Kier alpha value is 0.440. The summed E-state index contributed by atoms with van der Waals surface area (Å²) >= 11 is 3.38. The van der Waals surface area contributed by atoms with Gasteiger partial charge in [0.15, 0.2) is 0 Å². The SMILES string of the molecule is CCCC[C@@H]1O[C@H]1CBr. The quantitative estimate of drug-likeness (QED) is 0.493. The summed E-state index contributed by atoms with van der Waals surface area (Å²) in [6.45, 7) is 2.21. The number of unbranched alkanes of at least 4 members (excludes halogenated alkanes) is 1. The zero-order chi connectivity index (χ0) is 6.69. The number of rotatable bonds is 4. The Kier molecular flexibility index (Phi) is 2.99. The standard InChI is InChI=1S/C7H13BrO/c1-2-3-4-6-7(5-8)9-6/h6-7H,2-5H2,1H3/t6-,7-/m0/s1. The van der Waals surface area contributed by atoms with Crippen molar-refractivity contribution in [3.63, 3.8) is 0 Å². The Morgan fingerprint density at radius 3 is 2.67 bits per heavy atom. The van der Waals surface area contributed by atoms with Gasteiger partial charge < -0.3 is 4.74 Å². The van der Waals surface area contributed by atoms with Gasteiger partial charge in [-0.25, -0.2) is 0 Å². The summed E-state index contributed by atoms with van der Waals surface area (Å²) in [5, 5.41) is 1.02. The largest absolute Gasteiger partial charge is 0.369 e. The second kappa shape index (κ2) is 3.57. The number of hydrogen-bond acceptors (Lipinski definition) is 1. The minimum atomic E-state index is 0.538. The predicted molar refractivity (Wildman–Crippen MR) is 42.0 cm³/mol. The summed E-state index contributed by atoms with van der Waals surface area (Å²) in [6.07, 6.45) is 4.98. The van der Waals surface area contributed by atoms with Crippen LogP contribution in [0.2, 0.25) is 0 Å². The van der Waals surface area contributed by atoms with Crippen molar-refractivity contribution in [3.05, 3.63) is 0 Å². The monoisotopic (exact) mass is 192 g/mol. The minimum absolute atomic E-state index is 0.538. The lowest BCUT2D eigenvalue weighted by Crippen LogP contribution is -1.93. The molecule has 1 aliphatic rings. The van der Waals surface area contributed by atoms with Crippen molar-refractivity contribution in [1.82, 2.24) is 0 Å². The number of alkyl halides is 1. The zero-order valence-corrected chi connectivity index (χ0v) is 7.36. The molecule has 2 atom stereocenters. The maximum atomic E-state index is 5.32. The molecule has 0 N–H and O–H groups in total. The highest BCUT2D eigenvalue weighted by molar-refractivity contribution is 9.09. The van der Waals surface area contributed by atoms with E-state index >= 15 is 0 Å². The van der Waals surface area contributed by atoms with Gasteiger partial charge >= 0.3 is 0 Å². The highest BCUT2D eigenvalue weighted by Crippen LogP contribution is 2.28. The van der Waals surface area contributed by atoms with Gasteiger partial charge in [0, 0.05) is 5.33 Å². The van der Waals surface area contributed by atoms with E-state index in [2.05, 4.69) is 22.9 Å². The molecule has 1 heterocycles. The van der Waals surface area contributed by atoms with Gasteiger partial charge in [-0.05, 0) is 6.42 Å². The maximum absolute atomic E-state index is 5.32. The molecule has 1 nitrogen and oxygen atoms in total. The lowest BCUT2D eigenvalue weighted by atomic mass is 10.2. The summed E-state index contributed by atoms with van der Waals surface area (Å²) in [6, 6.07) is 0. The van der Waals surface area contributed by atoms with E-state index in [1.807, 2.05) is 0 Å². The molecule has 1 aliphatic heterocycles. The highest BCUT2D eigenvalue weighted by Gasteiger charge is 2.36. The summed E-state index contributed by atoms with van der Waals surface area (Å²) in [7, 11) is 0. The predicted octanol–water partition coefficient (Wildman–Crippen LogP) is 2.34. The van der Waals surface area contributed by atoms with Crippen molar-refractivity contribution in [2.75, 3.05) is 5.33 Å². The molecule has 54 valence electrons. The molecular formula is C7H13BrO. The van der Waals surface area contributed by atoms with Crippen molar-refractivity contribution >= 4 is 15.9 Å². The summed E-state index contributed by atoms with van der Waals surface area (Å²) in [5.41, 5.74) is 0. The van der Waals surface area contributed by atoms with Crippen LogP contribution in [-0.4, -0.2) is 17.5 Å². The van der Waals surface area contributed by atoms with E-state index in [-0.39, 0.29) is 0 Å². The van der Waals surface area contributed by atoms with Crippen LogP contribution in [0.5, 0.6) is 0 Å². The summed E-state index contributed by atoms with van der Waals surface area (Å²) < 4.78 is 5.32. The number of epoxide rings is 1. The average molecular weight is 193 g/mol. The van der Waals surface area contributed by atoms with Crippen LogP contribution in [-0.2, 0) is 4.74 Å². The second-order valence-corrected chi connectivity index (χ2v) is 3.16.